The summed E-state index contributed by atoms with van der Waals surface area (Å²) in [5.74, 6) is 1.02. The number of thioether (sulfide) groups is 1. The lowest BCUT2D eigenvalue weighted by molar-refractivity contribution is 0.101. The van der Waals surface area contributed by atoms with Crippen LogP contribution in [0.4, 0.5) is 5.69 Å². The molecule has 1 aliphatic heterocycles. The van der Waals surface area contributed by atoms with Crippen molar-refractivity contribution in [3.8, 4) is 0 Å². The standard InChI is InChI=1S/C17H17NO3S2/c1-12(19)13-4-7-16(8-5-13)23(20,21)18-15-6-9-17-14(11-15)3-2-10-22-17/h4-9,11,18H,2-3,10H2,1H3. The van der Waals surface area contributed by atoms with E-state index in [1.165, 1.54) is 41.6 Å². The Morgan fingerprint density at radius 1 is 1.13 bits per heavy atom. The first-order valence-corrected chi connectivity index (χ1v) is 9.82. The zero-order valence-electron chi connectivity index (χ0n) is 12.7. The second-order valence-electron chi connectivity index (χ2n) is 5.46. The van der Waals surface area contributed by atoms with Gasteiger partial charge in [-0.05, 0) is 61.4 Å². The number of sulfonamides is 1. The van der Waals surface area contributed by atoms with E-state index in [9.17, 15) is 13.2 Å². The largest absolute Gasteiger partial charge is 0.295 e. The van der Waals surface area contributed by atoms with E-state index in [4.69, 9.17) is 0 Å². The Balaban J connectivity index is 1.84. The number of carbonyl (C=O) groups excluding carboxylic acids is 1. The molecule has 2 aromatic carbocycles. The minimum absolute atomic E-state index is 0.0888. The summed E-state index contributed by atoms with van der Waals surface area (Å²) in [6.45, 7) is 1.45. The number of benzene rings is 2. The van der Waals surface area contributed by atoms with Gasteiger partial charge in [0.05, 0.1) is 4.90 Å². The highest BCUT2D eigenvalue weighted by molar-refractivity contribution is 7.99. The van der Waals surface area contributed by atoms with Crippen molar-refractivity contribution in [1.82, 2.24) is 0 Å². The number of anilines is 1. The molecule has 0 aliphatic carbocycles. The number of aryl methyl sites for hydroxylation is 1. The average molecular weight is 347 g/mol. The molecule has 0 aromatic heterocycles. The van der Waals surface area contributed by atoms with Gasteiger partial charge in [-0.2, -0.15) is 0 Å². The SMILES string of the molecule is CC(=O)c1ccc(S(=O)(=O)Nc2ccc3c(c2)CCCS3)cc1. The highest BCUT2D eigenvalue weighted by Crippen LogP contribution is 2.32. The summed E-state index contributed by atoms with van der Waals surface area (Å²) >= 11 is 1.81. The molecule has 0 bridgehead atoms. The third-order valence-corrected chi connectivity index (χ3v) is 6.33. The van der Waals surface area contributed by atoms with Crippen LogP contribution in [0.5, 0.6) is 0 Å². The highest BCUT2D eigenvalue weighted by atomic mass is 32.2. The predicted molar refractivity (Wildman–Crippen MR) is 92.7 cm³/mol. The van der Waals surface area contributed by atoms with Gasteiger partial charge in [0.1, 0.15) is 0 Å². The van der Waals surface area contributed by atoms with E-state index in [1.807, 2.05) is 12.1 Å². The first kappa shape index (κ1) is 16.1. The first-order chi connectivity index (χ1) is 11.0. The fourth-order valence-corrected chi connectivity index (χ4v) is 4.58. The number of rotatable bonds is 4. The van der Waals surface area contributed by atoms with E-state index in [0.29, 0.717) is 11.3 Å². The molecule has 0 amide bonds. The molecule has 0 spiro atoms. The van der Waals surface area contributed by atoms with Crippen molar-refractivity contribution in [2.45, 2.75) is 29.6 Å². The first-order valence-electron chi connectivity index (χ1n) is 7.35. The van der Waals surface area contributed by atoms with Gasteiger partial charge >= 0.3 is 0 Å². The van der Waals surface area contributed by atoms with Crippen LogP contribution in [-0.2, 0) is 16.4 Å². The maximum absolute atomic E-state index is 12.4. The number of carbonyl (C=O) groups is 1. The summed E-state index contributed by atoms with van der Waals surface area (Å²) in [7, 11) is -3.65. The third-order valence-electron chi connectivity index (χ3n) is 3.73. The lowest BCUT2D eigenvalue weighted by Crippen LogP contribution is -2.13. The quantitative estimate of drug-likeness (QED) is 0.856. The lowest BCUT2D eigenvalue weighted by Gasteiger charge is -2.16. The van der Waals surface area contributed by atoms with Gasteiger partial charge in [0.2, 0.25) is 0 Å². The second-order valence-corrected chi connectivity index (χ2v) is 8.28. The van der Waals surface area contributed by atoms with Crippen molar-refractivity contribution in [2.24, 2.45) is 0 Å². The van der Waals surface area contributed by atoms with Gasteiger partial charge in [-0.25, -0.2) is 8.42 Å². The van der Waals surface area contributed by atoms with Crippen molar-refractivity contribution in [2.75, 3.05) is 10.5 Å². The Morgan fingerprint density at radius 3 is 2.57 bits per heavy atom. The molecule has 0 fully saturated rings. The van der Waals surface area contributed by atoms with Crippen molar-refractivity contribution >= 4 is 33.3 Å². The zero-order chi connectivity index (χ0) is 16.4. The van der Waals surface area contributed by atoms with Gasteiger partial charge < -0.3 is 0 Å². The molecule has 0 radical (unpaired) electrons. The molecule has 0 atom stereocenters. The van der Waals surface area contributed by atoms with Crippen LogP contribution >= 0.6 is 11.8 Å². The van der Waals surface area contributed by atoms with Gasteiger partial charge in [-0.15, -0.1) is 11.8 Å². The Morgan fingerprint density at radius 2 is 1.87 bits per heavy atom. The monoisotopic (exact) mass is 347 g/mol. The molecule has 4 nitrogen and oxygen atoms in total. The summed E-state index contributed by atoms with van der Waals surface area (Å²) in [6, 6.07) is 11.6. The smallest absolute Gasteiger partial charge is 0.261 e. The molecule has 6 heteroatoms. The van der Waals surface area contributed by atoms with E-state index in [1.54, 1.807) is 17.8 Å². The molecule has 2 aromatic rings. The van der Waals surface area contributed by atoms with Gasteiger partial charge in [0.15, 0.2) is 5.78 Å². The van der Waals surface area contributed by atoms with E-state index >= 15 is 0 Å². The normalized spacial score (nSPS) is 14.1. The van der Waals surface area contributed by atoms with Crippen molar-refractivity contribution in [1.29, 1.82) is 0 Å². The van der Waals surface area contributed by atoms with E-state index < -0.39 is 10.0 Å². The Labute approximate surface area is 140 Å². The van der Waals surface area contributed by atoms with Gasteiger partial charge in [0, 0.05) is 16.1 Å². The van der Waals surface area contributed by atoms with Crippen molar-refractivity contribution < 1.29 is 13.2 Å². The molecular weight excluding hydrogens is 330 g/mol. The fraction of sp³-hybridized carbons (Fsp3) is 0.235. The molecule has 1 heterocycles. The van der Waals surface area contributed by atoms with Crippen LogP contribution in [0.3, 0.4) is 0 Å². The molecule has 0 saturated carbocycles. The molecular formula is C17H17NO3S2. The average Bonchev–Trinajstić information content (AvgIpc) is 2.54. The van der Waals surface area contributed by atoms with Crippen LogP contribution < -0.4 is 4.72 Å². The molecule has 3 rings (SSSR count). The third kappa shape index (κ3) is 3.59. The van der Waals surface area contributed by atoms with E-state index in [2.05, 4.69) is 4.72 Å². The van der Waals surface area contributed by atoms with Crippen molar-refractivity contribution in [3.05, 3.63) is 53.6 Å². The maximum Gasteiger partial charge on any atom is 0.261 e. The highest BCUT2D eigenvalue weighted by Gasteiger charge is 2.16. The number of Topliss-reactive ketones (excluding diaryl/α,β-unsaturated/α-hetero) is 1. The number of ketones is 1. The second kappa shape index (κ2) is 6.37. The minimum Gasteiger partial charge on any atom is -0.295 e. The van der Waals surface area contributed by atoms with Gasteiger partial charge in [-0.1, -0.05) is 12.1 Å². The Hall–Kier alpha value is -1.79. The molecule has 0 saturated heterocycles. The fourth-order valence-electron chi connectivity index (χ4n) is 2.51. The van der Waals surface area contributed by atoms with Crippen LogP contribution in [0.2, 0.25) is 0 Å². The molecule has 1 N–H and O–H groups in total. The number of hydrogen-bond acceptors (Lipinski definition) is 4. The predicted octanol–water partition coefficient (Wildman–Crippen LogP) is 3.73. The molecule has 120 valence electrons. The van der Waals surface area contributed by atoms with Gasteiger partial charge in [-0.3, -0.25) is 9.52 Å². The van der Waals surface area contributed by atoms with Crippen LogP contribution in [0, 0.1) is 0 Å². The zero-order valence-corrected chi connectivity index (χ0v) is 14.3. The molecule has 0 unspecified atom stereocenters. The number of fused-ring (bicyclic) bond motifs is 1. The van der Waals surface area contributed by atoms with Crippen LogP contribution in [0.25, 0.3) is 0 Å². The summed E-state index contributed by atoms with van der Waals surface area (Å²) in [4.78, 5) is 12.6. The van der Waals surface area contributed by atoms with Crippen LogP contribution in [-0.4, -0.2) is 20.0 Å². The summed E-state index contributed by atoms with van der Waals surface area (Å²) in [5.41, 5.74) is 2.25. The van der Waals surface area contributed by atoms with Crippen molar-refractivity contribution in [3.63, 3.8) is 0 Å². The summed E-state index contributed by atoms with van der Waals surface area (Å²) in [6.07, 6.45) is 2.09. The van der Waals surface area contributed by atoms with Crippen LogP contribution in [0.1, 0.15) is 29.3 Å². The molecule has 1 aliphatic rings. The Kier molecular flexibility index (Phi) is 4.46. The Bertz CT molecular complexity index is 843. The summed E-state index contributed by atoms with van der Waals surface area (Å²) < 4.78 is 27.5. The number of nitrogens with one attached hydrogen (secondary N) is 1. The molecule has 23 heavy (non-hydrogen) atoms. The summed E-state index contributed by atoms with van der Waals surface area (Å²) in [5, 5.41) is 0. The van der Waals surface area contributed by atoms with Crippen LogP contribution in [0.15, 0.2) is 52.3 Å². The van der Waals surface area contributed by atoms with E-state index in [-0.39, 0.29) is 10.7 Å². The number of hydrogen-bond donors (Lipinski definition) is 1. The lowest BCUT2D eigenvalue weighted by atomic mass is 10.1. The van der Waals surface area contributed by atoms with E-state index in [0.717, 1.165) is 18.6 Å². The van der Waals surface area contributed by atoms with Gasteiger partial charge in [0.25, 0.3) is 10.0 Å². The topological polar surface area (TPSA) is 63.2 Å². The maximum atomic E-state index is 12.4. The minimum atomic E-state index is -3.65.